The number of likely N-dealkylation sites (tertiary alicyclic amines) is 1. The second-order valence-electron chi connectivity index (χ2n) is 9.19. The molecule has 0 radical (unpaired) electrons. The van der Waals surface area contributed by atoms with E-state index in [1.807, 2.05) is 26.0 Å². The summed E-state index contributed by atoms with van der Waals surface area (Å²) in [7, 11) is 3.87. The van der Waals surface area contributed by atoms with Crippen molar-refractivity contribution in [2.75, 3.05) is 38.7 Å². The number of ether oxygens (including phenoxy) is 2. The van der Waals surface area contributed by atoms with Crippen LogP contribution in [0.2, 0.25) is 0 Å². The van der Waals surface area contributed by atoms with Crippen molar-refractivity contribution in [3.8, 4) is 5.75 Å². The highest BCUT2D eigenvalue weighted by Crippen LogP contribution is 2.32. The van der Waals surface area contributed by atoms with Crippen LogP contribution in [0.3, 0.4) is 0 Å². The van der Waals surface area contributed by atoms with Crippen molar-refractivity contribution < 1.29 is 22.6 Å². The molecule has 3 rings (SSSR count). The van der Waals surface area contributed by atoms with Gasteiger partial charge in [0.15, 0.2) is 0 Å². The molecule has 0 atom stereocenters. The van der Waals surface area contributed by atoms with Gasteiger partial charge in [-0.05, 0) is 75.1 Å². The van der Waals surface area contributed by atoms with Gasteiger partial charge in [-0.15, -0.1) is 0 Å². The lowest BCUT2D eigenvalue weighted by molar-refractivity contribution is -0.137. The summed E-state index contributed by atoms with van der Waals surface area (Å²) in [4.78, 5) is 4.52. The van der Waals surface area contributed by atoms with Gasteiger partial charge in [0.2, 0.25) is 0 Å². The predicted octanol–water partition coefficient (Wildman–Crippen LogP) is 6.00. The van der Waals surface area contributed by atoms with Crippen LogP contribution in [0.5, 0.6) is 5.75 Å². The van der Waals surface area contributed by atoms with Crippen LogP contribution in [0.15, 0.2) is 48.5 Å². The van der Waals surface area contributed by atoms with Crippen LogP contribution in [0.1, 0.15) is 44.2 Å². The number of hydrogen-bond donors (Lipinski definition) is 0. The molecule has 0 aromatic heterocycles. The van der Waals surface area contributed by atoms with Gasteiger partial charge in [-0.3, -0.25) is 4.90 Å². The maximum atomic E-state index is 12.8. The molecular formula is C26H35F3N2O2. The smallest absolute Gasteiger partial charge is 0.416 e. The Hall–Kier alpha value is -2.25. The van der Waals surface area contributed by atoms with E-state index in [0.717, 1.165) is 68.0 Å². The van der Waals surface area contributed by atoms with Crippen LogP contribution in [-0.4, -0.2) is 50.4 Å². The summed E-state index contributed by atoms with van der Waals surface area (Å²) in [6, 6.07) is 13.6. The van der Waals surface area contributed by atoms with Crippen LogP contribution in [0, 0.1) is 0 Å². The van der Waals surface area contributed by atoms with Crippen molar-refractivity contribution in [2.24, 2.45) is 0 Å². The Morgan fingerprint density at radius 2 is 1.61 bits per heavy atom. The van der Waals surface area contributed by atoms with Gasteiger partial charge in [0.25, 0.3) is 0 Å². The summed E-state index contributed by atoms with van der Waals surface area (Å²) in [6.45, 7) is 7.28. The zero-order valence-corrected chi connectivity index (χ0v) is 20.0. The van der Waals surface area contributed by atoms with Gasteiger partial charge < -0.3 is 14.4 Å². The molecule has 33 heavy (non-hydrogen) atoms. The maximum absolute atomic E-state index is 12.8. The van der Waals surface area contributed by atoms with Crippen LogP contribution in [0.25, 0.3) is 0 Å². The molecule has 7 heteroatoms. The molecule has 1 aliphatic rings. The lowest BCUT2D eigenvalue weighted by atomic mass is 9.87. The van der Waals surface area contributed by atoms with E-state index in [0.29, 0.717) is 6.54 Å². The number of anilines is 1. The standard InChI is InChI=1S/C26H35F3N2O2/c1-20(2)33-24-11-9-23(10-12-24)30(3)16-13-25(32-4)14-17-31(18-15-25)19-21-5-7-22(8-6-21)26(27,28)29/h5-12,20H,13-19H2,1-4H3. The normalized spacial score (nSPS) is 16.7. The van der Waals surface area contributed by atoms with Gasteiger partial charge in [-0.1, -0.05) is 12.1 Å². The van der Waals surface area contributed by atoms with Crippen LogP contribution >= 0.6 is 0 Å². The predicted molar refractivity (Wildman–Crippen MR) is 126 cm³/mol. The van der Waals surface area contributed by atoms with Gasteiger partial charge >= 0.3 is 6.18 Å². The van der Waals surface area contributed by atoms with Gasteiger partial charge in [-0.2, -0.15) is 13.2 Å². The number of methoxy groups -OCH3 is 1. The summed E-state index contributed by atoms with van der Waals surface area (Å²) < 4.78 is 50.0. The molecule has 1 aliphatic heterocycles. The molecule has 4 nitrogen and oxygen atoms in total. The third-order valence-electron chi connectivity index (χ3n) is 6.44. The Labute approximate surface area is 195 Å². The van der Waals surface area contributed by atoms with E-state index in [1.165, 1.54) is 0 Å². The average molecular weight is 465 g/mol. The third kappa shape index (κ3) is 7.11. The van der Waals surface area contributed by atoms with E-state index < -0.39 is 11.7 Å². The van der Waals surface area contributed by atoms with Crippen LogP contribution in [0.4, 0.5) is 18.9 Å². The molecule has 1 fully saturated rings. The SMILES string of the molecule is COC1(CCN(C)c2ccc(OC(C)C)cc2)CCN(Cc2ccc(C(F)(F)F)cc2)CC1. The van der Waals surface area contributed by atoms with Crippen LogP contribution in [-0.2, 0) is 17.5 Å². The average Bonchev–Trinajstić information content (AvgIpc) is 2.78. The molecule has 1 saturated heterocycles. The molecule has 0 N–H and O–H groups in total. The number of alkyl halides is 3. The Kier molecular flexibility index (Phi) is 8.29. The Morgan fingerprint density at radius 1 is 1.00 bits per heavy atom. The van der Waals surface area contributed by atoms with E-state index in [4.69, 9.17) is 9.47 Å². The molecule has 2 aromatic carbocycles. The monoisotopic (exact) mass is 464 g/mol. The highest BCUT2D eigenvalue weighted by molar-refractivity contribution is 5.48. The summed E-state index contributed by atoms with van der Waals surface area (Å²) >= 11 is 0. The lowest BCUT2D eigenvalue weighted by Gasteiger charge is -2.42. The van der Waals surface area contributed by atoms with E-state index in [1.54, 1.807) is 19.2 Å². The third-order valence-corrected chi connectivity index (χ3v) is 6.44. The summed E-state index contributed by atoms with van der Waals surface area (Å²) in [5, 5.41) is 0. The number of benzene rings is 2. The molecule has 0 unspecified atom stereocenters. The molecule has 0 saturated carbocycles. The molecule has 0 aliphatic carbocycles. The van der Waals surface area contributed by atoms with Crippen molar-refractivity contribution in [2.45, 2.75) is 57.5 Å². The zero-order valence-electron chi connectivity index (χ0n) is 20.0. The largest absolute Gasteiger partial charge is 0.491 e. The number of halogens is 3. The number of piperidine rings is 1. The highest BCUT2D eigenvalue weighted by atomic mass is 19.4. The zero-order chi connectivity index (χ0) is 24.1. The van der Waals surface area contributed by atoms with Crippen molar-refractivity contribution in [3.05, 3.63) is 59.7 Å². The fourth-order valence-electron chi connectivity index (χ4n) is 4.28. The minimum atomic E-state index is -4.29. The van der Waals surface area contributed by atoms with Crippen molar-refractivity contribution in [3.63, 3.8) is 0 Å². The van der Waals surface area contributed by atoms with Gasteiger partial charge in [0.1, 0.15) is 5.75 Å². The molecular weight excluding hydrogens is 429 g/mol. The van der Waals surface area contributed by atoms with Crippen molar-refractivity contribution in [1.82, 2.24) is 4.90 Å². The van der Waals surface area contributed by atoms with E-state index in [9.17, 15) is 13.2 Å². The molecule has 1 heterocycles. The second kappa shape index (κ2) is 10.8. The quantitative estimate of drug-likeness (QED) is 0.454. The number of hydrogen-bond acceptors (Lipinski definition) is 4. The Morgan fingerprint density at radius 3 is 2.12 bits per heavy atom. The van der Waals surface area contributed by atoms with Gasteiger partial charge in [-0.25, -0.2) is 0 Å². The minimum absolute atomic E-state index is 0.153. The van der Waals surface area contributed by atoms with Crippen molar-refractivity contribution in [1.29, 1.82) is 0 Å². The summed E-state index contributed by atoms with van der Waals surface area (Å²) in [6.07, 6.45) is -1.42. The highest BCUT2D eigenvalue weighted by Gasteiger charge is 2.35. The number of nitrogens with zero attached hydrogens (tertiary/aromatic N) is 2. The molecule has 182 valence electrons. The Balaban J connectivity index is 1.49. The van der Waals surface area contributed by atoms with E-state index in [2.05, 4.69) is 29.0 Å². The minimum Gasteiger partial charge on any atom is -0.491 e. The summed E-state index contributed by atoms with van der Waals surface area (Å²) in [5.74, 6) is 0.871. The fraction of sp³-hybridized carbons (Fsp3) is 0.538. The fourth-order valence-corrected chi connectivity index (χ4v) is 4.28. The van der Waals surface area contributed by atoms with Gasteiger partial charge in [0.05, 0.1) is 17.3 Å². The summed E-state index contributed by atoms with van der Waals surface area (Å²) in [5.41, 5.74) is 1.26. The van der Waals surface area contributed by atoms with E-state index >= 15 is 0 Å². The Bertz CT molecular complexity index is 859. The van der Waals surface area contributed by atoms with Crippen molar-refractivity contribution >= 4 is 5.69 Å². The first-order valence-electron chi connectivity index (χ1n) is 11.5. The lowest BCUT2D eigenvalue weighted by Crippen LogP contribution is -2.46. The first-order chi connectivity index (χ1) is 15.6. The topological polar surface area (TPSA) is 24.9 Å². The number of rotatable bonds is 9. The first-order valence-corrected chi connectivity index (χ1v) is 11.5. The van der Waals surface area contributed by atoms with Crippen LogP contribution < -0.4 is 9.64 Å². The molecule has 2 aromatic rings. The first kappa shape index (κ1) is 25.4. The molecule has 0 bridgehead atoms. The molecule has 0 spiro atoms. The molecule has 0 amide bonds. The second-order valence-corrected chi connectivity index (χ2v) is 9.19. The van der Waals surface area contributed by atoms with E-state index in [-0.39, 0.29) is 11.7 Å². The maximum Gasteiger partial charge on any atom is 0.416 e. The van der Waals surface area contributed by atoms with Gasteiger partial charge in [0, 0.05) is 46.0 Å².